The molecule has 6 heteroatoms. The average molecular weight is 347 g/mol. The summed E-state index contributed by atoms with van der Waals surface area (Å²) in [7, 11) is 1.58. The molecule has 0 aliphatic carbocycles. The SMILES string of the molecule is COc1ccc(C(=O)C2CC(=O)Nc3n[nH]c(-c4ccccc4)c32)cc1. The van der Waals surface area contributed by atoms with Crippen molar-refractivity contribution in [3.05, 3.63) is 65.7 Å². The molecular formula is C20H17N3O3. The monoisotopic (exact) mass is 347 g/mol. The van der Waals surface area contributed by atoms with Crippen LogP contribution < -0.4 is 10.1 Å². The molecule has 0 bridgehead atoms. The standard InChI is InChI=1S/C20H17N3O3/c1-26-14-9-7-13(8-10-14)19(25)15-11-16(24)21-20-17(15)18(22-23-20)12-5-3-2-4-6-12/h2-10,15H,11H2,1H3,(H2,21,22,23,24). The predicted molar refractivity (Wildman–Crippen MR) is 97.3 cm³/mol. The molecule has 1 aliphatic rings. The lowest BCUT2D eigenvalue weighted by Gasteiger charge is -2.22. The Hall–Kier alpha value is -3.41. The quantitative estimate of drug-likeness (QED) is 0.709. The Kier molecular flexibility index (Phi) is 4.01. The first-order valence-corrected chi connectivity index (χ1v) is 8.29. The molecule has 0 saturated carbocycles. The Morgan fingerprint density at radius 3 is 2.54 bits per heavy atom. The van der Waals surface area contributed by atoms with Crippen molar-refractivity contribution in [2.24, 2.45) is 0 Å². The lowest BCUT2D eigenvalue weighted by Crippen LogP contribution is -2.27. The van der Waals surface area contributed by atoms with E-state index in [1.807, 2.05) is 30.3 Å². The summed E-state index contributed by atoms with van der Waals surface area (Å²) >= 11 is 0. The highest BCUT2D eigenvalue weighted by Crippen LogP contribution is 2.39. The number of methoxy groups -OCH3 is 1. The molecule has 4 rings (SSSR count). The van der Waals surface area contributed by atoms with Crippen molar-refractivity contribution in [1.29, 1.82) is 0 Å². The number of fused-ring (bicyclic) bond motifs is 1. The summed E-state index contributed by atoms with van der Waals surface area (Å²) in [4.78, 5) is 25.2. The van der Waals surface area contributed by atoms with Crippen LogP contribution in [0, 0.1) is 0 Å². The summed E-state index contributed by atoms with van der Waals surface area (Å²) in [5.74, 6) is 0.197. The van der Waals surface area contributed by atoms with Crippen LogP contribution in [0.1, 0.15) is 28.3 Å². The van der Waals surface area contributed by atoms with Gasteiger partial charge in [-0.2, -0.15) is 5.10 Å². The normalized spacial score (nSPS) is 15.9. The molecule has 1 unspecified atom stereocenters. The van der Waals surface area contributed by atoms with Gasteiger partial charge in [-0.1, -0.05) is 30.3 Å². The fourth-order valence-corrected chi connectivity index (χ4v) is 3.26. The Labute approximate surface area is 150 Å². The Bertz CT molecular complexity index is 962. The Morgan fingerprint density at radius 2 is 1.85 bits per heavy atom. The zero-order valence-electron chi connectivity index (χ0n) is 14.2. The molecule has 3 aromatic rings. The number of carbonyl (C=O) groups excluding carboxylic acids is 2. The van der Waals surface area contributed by atoms with Gasteiger partial charge in [-0.15, -0.1) is 0 Å². The second-order valence-electron chi connectivity index (χ2n) is 6.12. The van der Waals surface area contributed by atoms with E-state index in [1.54, 1.807) is 31.4 Å². The summed E-state index contributed by atoms with van der Waals surface area (Å²) < 4.78 is 5.14. The lowest BCUT2D eigenvalue weighted by atomic mass is 9.84. The summed E-state index contributed by atoms with van der Waals surface area (Å²) in [5.41, 5.74) is 2.95. The number of benzene rings is 2. The fourth-order valence-electron chi connectivity index (χ4n) is 3.26. The largest absolute Gasteiger partial charge is 0.497 e. The van der Waals surface area contributed by atoms with Gasteiger partial charge in [0.05, 0.1) is 18.7 Å². The van der Waals surface area contributed by atoms with Crippen molar-refractivity contribution in [3.63, 3.8) is 0 Å². The highest BCUT2D eigenvalue weighted by atomic mass is 16.5. The first-order valence-electron chi connectivity index (χ1n) is 8.29. The molecule has 0 saturated heterocycles. The zero-order valence-corrected chi connectivity index (χ0v) is 14.2. The molecule has 0 radical (unpaired) electrons. The number of amides is 1. The molecule has 26 heavy (non-hydrogen) atoms. The van der Waals surface area contributed by atoms with Crippen molar-refractivity contribution >= 4 is 17.5 Å². The van der Waals surface area contributed by atoms with Crippen LogP contribution >= 0.6 is 0 Å². The molecule has 1 aliphatic heterocycles. The maximum atomic E-state index is 13.1. The van der Waals surface area contributed by atoms with Crippen LogP contribution in [-0.2, 0) is 4.79 Å². The van der Waals surface area contributed by atoms with E-state index in [1.165, 1.54) is 0 Å². The van der Waals surface area contributed by atoms with Gasteiger partial charge in [0.1, 0.15) is 5.75 Å². The number of Topliss-reactive ketones (excluding diaryl/α,β-unsaturated/α-hetero) is 1. The number of aromatic amines is 1. The number of anilines is 1. The number of hydrogen-bond acceptors (Lipinski definition) is 4. The molecule has 6 nitrogen and oxygen atoms in total. The minimum atomic E-state index is -0.582. The molecule has 0 spiro atoms. The summed E-state index contributed by atoms with van der Waals surface area (Å²) in [6, 6.07) is 16.6. The van der Waals surface area contributed by atoms with E-state index in [4.69, 9.17) is 4.74 Å². The van der Waals surface area contributed by atoms with Gasteiger partial charge in [-0.25, -0.2) is 0 Å². The van der Waals surface area contributed by atoms with Gasteiger partial charge in [0.15, 0.2) is 11.6 Å². The van der Waals surface area contributed by atoms with Gasteiger partial charge in [-0.05, 0) is 29.8 Å². The van der Waals surface area contributed by atoms with Crippen molar-refractivity contribution in [2.75, 3.05) is 12.4 Å². The highest BCUT2D eigenvalue weighted by Gasteiger charge is 2.35. The van der Waals surface area contributed by atoms with Crippen LogP contribution in [0.5, 0.6) is 5.75 Å². The third-order valence-electron chi connectivity index (χ3n) is 4.55. The number of nitrogens with one attached hydrogen (secondary N) is 2. The smallest absolute Gasteiger partial charge is 0.226 e. The summed E-state index contributed by atoms with van der Waals surface area (Å²) in [5, 5.41) is 9.93. The van der Waals surface area contributed by atoms with Crippen molar-refractivity contribution in [1.82, 2.24) is 10.2 Å². The molecule has 0 fully saturated rings. The van der Waals surface area contributed by atoms with E-state index in [2.05, 4.69) is 15.5 Å². The van der Waals surface area contributed by atoms with Crippen LogP contribution in [-0.4, -0.2) is 29.0 Å². The van der Waals surface area contributed by atoms with E-state index in [-0.39, 0.29) is 18.1 Å². The van der Waals surface area contributed by atoms with E-state index < -0.39 is 5.92 Å². The molecule has 2 aromatic carbocycles. The maximum Gasteiger partial charge on any atom is 0.226 e. The van der Waals surface area contributed by atoms with Gasteiger partial charge in [0, 0.05) is 17.5 Å². The van der Waals surface area contributed by atoms with Crippen molar-refractivity contribution in [3.8, 4) is 17.0 Å². The van der Waals surface area contributed by atoms with Gasteiger partial charge in [-0.3, -0.25) is 14.7 Å². The van der Waals surface area contributed by atoms with Crippen LogP contribution in [0.3, 0.4) is 0 Å². The van der Waals surface area contributed by atoms with E-state index in [0.29, 0.717) is 17.1 Å². The number of H-pyrrole nitrogens is 1. The highest BCUT2D eigenvalue weighted by molar-refractivity contribution is 6.08. The van der Waals surface area contributed by atoms with Crippen molar-refractivity contribution < 1.29 is 14.3 Å². The second kappa shape index (κ2) is 6.48. The minimum absolute atomic E-state index is 0.0945. The number of ketones is 1. The van der Waals surface area contributed by atoms with Gasteiger partial charge >= 0.3 is 0 Å². The number of nitrogens with zero attached hydrogens (tertiary/aromatic N) is 1. The molecule has 130 valence electrons. The Balaban J connectivity index is 1.77. The third-order valence-corrected chi connectivity index (χ3v) is 4.55. The number of rotatable bonds is 4. The zero-order chi connectivity index (χ0) is 18.1. The lowest BCUT2D eigenvalue weighted by molar-refractivity contribution is -0.116. The third kappa shape index (κ3) is 2.75. The molecule has 2 heterocycles. The average Bonchev–Trinajstić information content (AvgIpc) is 3.11. The van der Waals surface area contributed by atoms with Crippen LogP contribution in [0.2, 0.25) is 0 Å². The van der Waals surface area contributed by atoms with E-state index in [0.717, 1.165) is 16.8 Å². The van der Waals surface area contributed by atoms with Crippen LogP contribution in [0.4, 0.5) is 5.82 Å². The minimum Gasteiger partial charge on any atom is -0.497 e. The number of hydrogen-bond donors (Lipinski definition) is 2. The van der Waals surface area contributed by atoms with Gasteiger partial charge in [0.25, 0.3) is 0 Å². The van der Waals surface area contributed by atoms with E-state index >= 15 is 0 Å². The molecule has 2 N–H and O–H groups in total. The first-order chi connectivity index (χ1) is 12.7. The maximum absolute atomic E-state index is 13.1. The van der Waals surface area contributed by atoms with Gasteiger partial charge in [0.2, 0.25) is 5.91 Å². The molecule has 1 atom stereocenters. The summed E-state index contributed by atoms with van der Waals surface area (Å²) in [6.45, 7) is 0. The summed E-state index contributed by atoms with van der Waals surface area (Å²) in [6.07, 6.45) is 0.0945. The number of ether oxygens (including phenoxy) is 1. The van der Waals surface area contributed by atoms with E-state index in [9.17, 15) is 9.59 Å². The van der Waals surface area contributed by atoms with Crippen LogP contribution in [0.15, 0.2) is 54.6 Å². The second-order valence-corrected chi connectivity index (χ2v) is 6.12. The Morgan fingerprint density at radius 1 is 1.12 bits per heavy atom. The number of aromatic nitrogens is 2. The topological polar surface area (TPSA) is 84.1 Å². The fraction of sp³-hybridized carbons (Fsp3) is 0.150. The number of carbonyl (C=O) groups is 2. The molecule has 1 amide bonds. The van der Waals surface area contributed by atoms with Gasteiger partial charge < -0.3 is 10.1 Å². The molecular weight excluding hydrogens is 330 g/mol. The molecule has 1 aromatic heterocycles. The van der Waals surface area contributed by atoms with Crippen molar-refractivity contribution in [2.45, 2.75) is 12.3 Å². The van der Waals surface area contributed by atoms with Crippen LogP contribution in [0.25, 0.3) is 11.3 Å². The predicted octanol–water partition coefficient (Wildman–Crippen LogP) is 3.39. The first kappa shape index (κ1) is 16.1.